The smallest absolute Gasteiger partial charge is 0.364 e. The molecule has 0 radical (unpaired) electrons. The van der Waals surface area contributed by atoms with Gasteiger partial charge in [0, 0.05) is 13.2 Å². The summed E-state index contributed by atoms with van der Waals surface area (Å²) in [5.41, 5.74) is -0.470. The van der Waals surface area contributed by atoms with E-state index in [1.54, 1.807) is 6.92 Å². The fraction of sp³-hybridized carbons (Fsp3) is 1.00. The molecule has 0 rings (SSSR count). The van der Waals surface area contributed by atoms with Crippen molar-refractivity contribution < 1.29 is 14.0 Å². The Bertz CT molecular complexity index is 99.9. The van der Waals surface area contributed by atoms with Crippen molar-refractivity contribution in [1.82, 2.24) is 0 Å². The zero-order valence-corrected chi connectivity index (χ0v) is 8.76. The highest BCUT2D eigenvalue weighted by atomic mass is 28.4. The zero-order valence-electron chi connectivity index (χ0n) is 7.76. The minimum Gasteiger partial charge on any atom is -0.393 e. The summed E-state index contributed by atoms with van der Waals surface area (Å²) in [5.74, 6) is 0. The maximum absolute atomic E-state index is 9.35. The summed E-state index contributed by atoms with van der Waals surface area (Å²) in [4.78, 5) is 0. The summed E-state index contributed by atoms with van der Waals surface area (Å²) >= 11 is 0. The highest BCUT2D eigenvalue weighted by Gasteiger charge is 2.36. The van der Waals surface area contributed by atoms with Gasteiger partial charge in [0.15, 0.2) is 0 Å². The van der Waals surface area contributed by atoms with E-state index in [0.717, 1.165) is 0 Å². The van der Waals surface area contributed by atoms with Crippen molar-refractivity contribution in [2.75, 3.05) is 13.2 Å². The van der Waals surface area contributed by atoms with Crippen LogP contribution in [0.4, 0.5) is 0 Å². The largest absolute Gasteiger partial charge is 0.393 e. The van der Waals surface area contributed by atoms with Crippen LogP contribution in [0.2, 0.25) is 6.55 Å². The summed E-state index contributed by atoms with van der Waals surface area (Å²) in [6.45, 7) is 8.63. The minimum absolute atomic E-state index is 0.470. The van der Waals surface area contributed by atoms with E-state index in [1.165, 1.54) is 0 Å². The molecule has 0 fully saturated rings. The van der Waals surface area contributed by atoms with Gasteiger partial charge in [-0.25, -0.2) is 0 Å². The molecule has 68 valence electrons. The molecule has 0 aliphatic carbocycles. The second kappa shape index (κ2) is 4.87. The second-order valence-corrected chi connectivity index (χ2v) is 6.00. The summed E-state index contributed by atoms with van der Waals surface area (Å²) < 4.78 is 10.8. The molecule has 0 aromatic carbocycles. The second-order valence-electron chi connectivity index (χ2n) is 2.56. The SMILES string of the molecule is CCO[Si](C)(OCC)C(C)O. The van der Waals surface area contributed by atoms with Crippen LogP contribution in [0.5, 0.6) is 0 Å². The lowest BCUT2D eigenvalue weighted by molar-refractivity contribution is 0.124. The molecule has 3 nitrogen and oxygen atoms in total. The normalized spacial score (nSPS) is 15.0. The van der Waals surface area contributed by atoms with Crippen molar-refractivity contribution in [1.29, 1.82) is 0 Å². The predicted molar refractivity (Wildman–Crippen MR) is 46.6 cm³/mol. The first-order chi connectivity index (χ1) is 5.06. The summed E-state index contributed by atoms with van der Waals surface area (Å²) in [6.07, 6.45) is 0. The van der Waals surface area contributed by atoms with Crippen molar-refractivity contribution >= 4 is 8.56 Å². The Morgan fingerprint density at radius 2 is 1.64 bits per heavy atom. The molecular weight excluding hydrogens is 160 g/mol. The first-order valence-electron chi connectivity index (χ1n) is 4.02. The van der Waals surface area contributed by atoms with Crippen LogP contribution in [-0.2, 0) is 8.85 Å². The van der Waals surface area contributed by atoms with Crippen LogP contribution >= 0.6 is 0 Å². The van der Waals surface area contributed by atoms with Gasteiger partial charge in [0.05, 0.1) is 5.73 Å². The Hall–Kier alpha value is 0.0969. The number of aliphatic hydroxyl groups excluding tert-OH is 1. The standard InChI is InChI=1S/C7H18O3Si/c1-5-9-11(4,7(3)8)10-6-2/h7-8H,5-6H2,1-4H3. The molecule has 11 heavy (non-hydrogen) atoms. The number of aliphatic hydroxyl groups is 1. The van der Waals surface area contributed by atoms with Crippen molar-refractivity contribution in [2.45, 2.75) is 33.0 Å². The summed E-state index contributed by atoms with van der Waals surface area (Å²) in [5, 5.41) is 9.35. The van der Waals surface area contributed by atoms with Crippen LogP contribution in [-0.4, -0.2) is 32.6 Å². The van der Waals surface area contributed by atoms with Gasteiger partial charge in [0.25, 0.3) is 0 Å². The molecular formula is C7H18O3Si. The topological polar surface area (TPSA) is 38.7 Å². The lowest BCUT2D eigenvalue weighted by Crippen LogP contribution is -2.49. The summed E-state index contributed by atoms with van der Waals surface area (Å²) in [7, 11) is -2.27. The van der Waals surface area contributed by atoms with E-state index in [0.29, 0.717) is 13.2 Å². The van der Waals surface area contributed by atoms with Gasteiger partial charge in [-0.2, -0.15) is 0 Å². The molecule has 0 bridgehead atoms. The number of rotatable bonds is 5. The molecule has 0 saturated heterocycles. The fourth-order valence-electron chi connectivity index (χ4n) is 0.856. The van der Waals surface area contributed by atoms with Crippen LogP contribution in [0.15, 0.2) is 0 Å². The molecule has 1 unspecified atom stereocenters. The molecule has 4 heteroatoms. The fourth-order valence-corrected chi connectivity index (χ4v) is 2.57. The van der Waals surface area contributed by atoms with Gasteiger partial charge in [-0.15, -0.1) is 0 Å². The minimum atomic E-state index is -2.27. The molecule has 0 saturated carbocycles. The predicted octanol–water partition coefficient (Wildman–Crippen LogP) is 1.05. The van der Waals surface area contributed by atoms with Gasteiger partial charge in [0.1, 0.15) is 0 Å². The highest BCUT2D eigenvalue weighted by Crippen LogP contribution is 2.11. The van der Waals surface area contributed by atoms with Crippen LogP contribution < -0.4 is 0 Å². The molecule has 0 aliphatic heterocycles. The van der Waals surface area contributed by atoms with Crippen molar-refractivity contribution in [2.24, 2.45) is 0 Å². The maximum atomic E-state index is 9.35. The highest BCUT2D eigenvalue weighted by molar-refractivity contribution is 6.67. The lowest BCUT2D eigenvalue weighted by atomic mass is 10.9. The van der Waals surface area contributed by atoms with E-state index in [9.17, 15) is 5.11 Å². The van der Waals surface area contributed by atoms with Crippen LogP contribution in [0.25, 0.3) is 0 Å². The third kappa shape index (κ3) is 3.33. The van der Waals surface area contributed by atoms with Crippen molar-refractivity contribution in [3.05, 3.63) is 0 Å². The third-order valence-corrected chi connectivity index (χ3v) is 4.86. The van der Waals surface area contributed by atoms with E-state index in [-0.39, 0.29) is 0 Å². The average Bonchev–Trinajstić information content (AvgIpc) is 1.88. The molecule has 0 spiro atoms. The Balaban J connectivity index is 4.01. The average molecular weight is 178 g/mol. The third-order valence-electron chi connectivity index (χ3n) is 1.62. The van der Waals surface area contributed by atoms with Crippen molar-refractivity contribution in [3.63, 3.8) is 0 Å². The van der Waals surface area contributed by atoms with Crippen molar-refractivity contribution in [3.8, 4) is 0 Å². The maximum Gasteiger partial charge on any atom is 0.364 e. The molecule has 0 aromatic rings. The first kappa shape index (κ1) is 11.1. The van der Waals surface area contributed by atoms with Gasteiger partial charge in [-0.1, -0.05) is 0 Å². The van der Waals surface area contributed by atoms with E-state index in [2.05, 4.69) is 0 Å². The molecule has 0 aromatic heterocycles. The Labute approximate surface area is 69.6 Å². The van der Waals surface area contributed by atoms with Crippen LogP contribution in [0.3, 0.4) is 0 Å². The lowest BCUT2D eigenvalue weighted by Gasteiger charge is -2.28. The van der Waals surface area contributed by atoms with Gasteiger partial charge in [0.2, 0.25) is 0 Å². The van der Waals surface area contributed by atoms with Crippen LogP contribution in [0, 0.1) is 0 Å². The van der Waals surface area contributed by atoms with Gasteiger partial charge >= 0.3 is 8.56 Å². The van der Waals surface area contributed by atoms with Gasteiger partial charge < -0.3 is 14.0 Å². The van der Waals surface area contributed by atoms with E-state index in [4.69, 9.17) is 8.85 Å². The Kier molecular flexibility index (Phi) is 4.91. The Morgan fingerprint density at radius 3 is 1.82 bits per heavy atom. The van der Waals surface area contributed by atoms with E-state index >= 15 is 0 Å². The first-order valence-corrected chi connectivity index (χ1v) is 6.42. The zero-order chi connectivity index (χ0) is 8.91. The summed E-state index contributed by atoms with van der Waals surface area (Å²) in [6, 6.07) is 0. The van der Waals surface area contributed by atoms with E-state index < -0.39 is 14.3 Å². The quantitative estimate of drug-likeness (QED) is 0.640. The molecule has 1 atom stereocenters. The van der Waals surface area contributed by atoms with Gasteiger partial charge in [-0.3, -0.25) is 0 Å². The number of hydrogen-bond donors (Lipinski definition) is 1. The number of hydrogen-bond acceptors (Lipinski definition) is 3. The van der Waals surface area contributed by atoms with Crippen LogP contribution in [0.1, 0.15) is 20.8 Å². The molecule has 0 aliphatic rings. The van der Waals surface area contributed by atoms with E-state index in [1.807, 2.05) is 20.4 Å². The monoisotopic (exact) mass is 178 g/mol. The molecule has 0 heterocycles. The van der Waals surface area contributed by atoms with Gasteiger partial charge in [-0.05, 0) is 27.3 Å². The molecule has 1 N–H and O–H groups in total. The Morgan fingerprint density at radius 1 is 1.27 bits per heavy atom. The molecule has 0 amide bonds.